The predicted molar refractivity (Wildman–Crippen MR) is 78.1 cm³/mol. The topological polar surface area (TPSA) is 55.1 Å². The number of benzene rings is 1. The van der Waals surface area contributed by atoms with Crippen LogP contribution >= 0.6 is 11.3 Å². The highest BCUT2D eigenvalue weighted by molar-refractivity contribution is 7.21. The zero-order valence-corrected chi connectivity index (χ0v) is 11.3. The molecule has 0 fully saturated rings. The van der Waals surface area contributed by atoms with E-state index in [1.54, 1.807) is 6.08 Å². The van der Waals surface area contributed by atoms with Gasteiger partial charge in [-0.25, -0.2) is 0 Å². The number of anilines is 1. The molecule has 0 aliphatic heterocycles. The predicted octanol–water partition coefficient (Wildman–Crippen LogP) is 3.10. The Kier molecular flexibility index (Phi) is 3.39. The molecule has 0 radical (unpaired) electrons. The standard InChI is InChI=1S/C14H16N2OS/c1-4-9(3)16-14(17)13-12(15)10-6-5-8(2)7-11(10)18-13/h4-7,9H,1,15H2,2-3H3,(H,16,17). The van der Waals surface area contributed by atoms with Crippen molar-refractivity contribution in [2.45, 2.75) is 19.9 Å². The number of nitrogen functional groups attached to an aromatic ring is 1. The van der Waals surface area contributed by atoms with Crippen molar-refractivity contribution in [3.05, 3.63) is 41.3 Å². The van der Waals surface area contributed by atoms with E-state index in [0.717, 1.165) is 15.6 Å². The Morgan fingerprint density at radius 3 is 2.94 bits per heavy atom. The normalized spacial score (nSPS) is 12.3. The number of nitrogens with two attached hydrogens (primary N) is 1. The van der Waals surface area contributed by atoms with Gasteiger partial charge in [-0.3, -0.25) is 4.79 Å². The van der Waals surface area contributed by atoms with Gasteiger partial charge in [0.25, 0.3) is 5.91 Å². The van der Waals surface area contributed by atoms with Crippen LogP contribution in [0.15, 0.2) is 30.9 Å². The van der Waals surface area contributed by atoms with E-state index < -0.39 is 0 Å². The number of aryl methyl sites for hydroxylation is 1. The molecule has 0 spiro atoms. The Hall–Kier alpha value is -1.81. The number of hydrogen-bond donors (Lipinski definition) is 2. The highest BCUT2D eigenvalue weighted by Gasteiger charge is 2.16. The molecule has 0 saturated carbocycles. The van der Waals surface area contributed by atoms with Crippen LogP contribution in [0.5, 0.6) is 0 Å². The minimum absolute atomic E-state index is 0.0659. The molecule has 3 N–H and O–H groups in total. The van der Waals surface area contributed by atoms with Gasteiger partial charge in [-0.15, -0.1) is 17.9 Å². The van der Waals surface area contributed by atoms with Gasteiger partial charge in [0.2, 0.25) is 0 Å². The first-order valence-corrected chi connectivity index (χ1v) is 6.56. The summed E-state index contributed by atoms with van der Waals surface area (Å²) in [5.74, 6) is -0.140. The van der Waals surface area contributed by atoms with Gasteiger partial charge < -0.3 is 11.1 Å². The van der Waals surface area contributed by atoms with E-state index in [4.69, 9.17) is 5.73 Å². The lowest BCUT2D eigenvalue weighted by Crippen LogP contribution is -2.30. The third kappa shape index (κ3) is 2.24. The largest absolute Gasteiger partial charge is 0.397 e. The number of rotatable bonds is 3. The first kappa shape index (κ1) is 12.6. The fourth-order valence-electron chi connectivity index (χ4n) is 1.72. The van der Waals surface area contributed by atoms with Crippen molar-refractivity contribution in [1.82, 2.24) is 5.32 Å². The van der Waals surface area contributed by atoms with Crippen molar-refractivity contribution in [3.8, 4) is 0 Å². The second-order valence-electron chi connectivity index (χ2n) is 4.34. The number of carbonyl (C=O) groups is 1. The molecule has 0 aliphatic carbocycles. The lowest BCUT2D eigenvalue weighted by Gasteiger charge is -2.07. The van der Waals surface area contributed by atoms with Crippen LogP contribution < -0.4 is 11.1 Å². The van der Waals surface area contributed by atoms with Crippen molar-refractivity contribution in [2.75, 3.05) is 5.73 Å². The van der Waals surface area contributed by atoms with Crippen LogP contribution in [0.3, 0.4) is 0 Å². The molecule has 2 rings (SSSR count). The van der Waals surface area contributed by atoms with E-state index in [9.17, 15) is 4.79 Å². The number of carbonyl (C=O) groups excluding carboxylic acids is 1. The highest BCUT2D eigenvalue weighted by Crippen LogP contribution is 2.34. The Morgan fingerprint density at radius 2 is 2.28 bits per heavy atom. The maximum atomic E-state index is 12.1. The molecule has 1 atom stereocenters. The summed E-state index contributed by atoms with van der Waals surface area (Å²) in [6, 6.07) is 5.94. The number of nitrogens with one attached hydrogen (secondary N) is 1. The first-order valence-electron chi connectivity index (χ1n) is 5.75. The maximum Gasteiger partial charge on any atom is 0.263 e. The molecule has 1 amide bonds. The molecular formula is C14H16N2OS. The number of hydrogen-bond acceptors (Lipinski definition) is 3. The second kappa shape index (κ2) is 4.82. The Morgan fingerprint density at radius 1 is 1.56 bits per heavy atom. The Labute approximate surface area is 110 Å². The van der Waals surface area contributed by atoms with Crippen molar-refractivity contribution in [2.24, 2.45) is 0 Å². The van der Waals surface area contributed by atoms with Gasteiger partial charge in [-0.05, 0) is 25.5 Å². The zero-order chi connectivity index (χ0) is 13.3. The lowest BCUT2D eigenvalue weighted by molar-refractivity contribution is 0.0952. The zero-order valence-electron chi connectivity index (χ0n) is 10.5. The average molecular weight is 260 g/mol. The fraction of sp³-hybridized carbons (Fsp3) is 0.214. The molecule has 1 unspecified atom stereocenters. The number of amides is 1. The third-order valence-corrected chi connectivity index (χ3v) is 3.97. The lowest BCUT2D eigenvalue weighted by atomic mass is 10.1. The van der Waals surface area contributed by atoms with Crippen LogP contribution in [-0.2, 0) is 0 Å². The quantitative estimate of drug-likeness (QED) is 0.833. The van der Waals surface area contributed by atoms with Crippen LogP contribution in [0, 0.1) is 6.92 Å². The minimum Gasteiger partial charge on any atom is -0.397 e. The summed E-state index contributed by atoms with van der Waals surface area (Å²) in [5.41, 5.74) is 7.75. The van der Waals surface area contributed by atoms with Gasteiger partial charge in [-0.1, -0.05) is 18.2 Å². The smallest absolute Gasteiger partial charge is 0.263 e. The monoisotopic (exact) mass is 260 g/mol. The van der Waals surface area contributed by atoms with Gasteiger partial charge in [0, 0.05) is 16.1 Å². The second-order valence-corrected chi connectivity index (χ2v) is 5.39. The van der Waals surface area contributed by atoms with E-state index in [1.165, 1.54) is 11.3 Å². The van der Waals surface area contributed by atoms with Crippen LogP contribution in [0.1, 0.15) is 22.2 Å². The molecule has 3 nitrogen and oxygen atoms in total. The molecule has 1 aromatic carbocycles. The number of thiophene rings is 1. The van der Waals surface area contributed by atoms with E-state index >= 15 is 0 Å². The Balaban J connectivity index is 2.42. The van der Waals surface area contributed by atoms with Crippen LogP contribution in [0.2, 0.25) is 0 Å². The van der Waals surface area contributed by atoms with Crippen LogP contribution in [0.4, 0.5) is 5.69 Å². The number of fused-ring (bicyclic) bond motifs is 1. The molecule has 1 heterocycles. The van der Waals surface area contributed by atoms with E-state index in [0.29, 0.717) is 10.6 Å². The first-order chi connectivity index (χ1) is 8.52. The molecule has 2 aromatic rings. The Bertz CT molecular complexity index is 616. The molecule has 0 saturated heterocycles. The summed E-state index contributed by atoms with van der Waals surface area (Å²) in [5, 5.41) is 3.78. The molecule has 0 aliphatic rings. The minimum atomic E-state index is -0.140. The summed E-state index contributed by atoms with van der Waals surface area (Å²) in [4.78, 5) is 12.6. The van der Waals surface area contributed by atoms with Gasteiger partial charge in [0.15, 0.2) is 0 Å². The molecule has 18 heavy (non-hydrogen) atoms. The summed E-state index contributed by atoms with van der Waals surface area (Å²) >= 11 is 1.43. The van der Waals surface area contributed by atoms with Gasteiger partial charge in [0.05, 0.1) is 5.69 Å². The SMILES string of the molecule is C=CC(C)NC(=O)c1sc2cc(C)ccc2c1N. The molecular weight excluding hydrogens is 244 g/mol. The van der Waals surface area contributed by atoms with E-state index in [2.05, 4.69) is 11.9 Å². The van der Waals surface area contributed by atoms with Gasteiger partial charge in [-0.2, -0.15) is 0 Å². The summed E-state index contributed by atoms with van der Waals surface area (Å²) in [6.45, 7) is 7.54. The fourth-order valence-corrected chi connectivity index (χ4v) is 2.85. The summed E-state index contributed by atoms with van der Waals surface area (Å²) < 4.78 is 1.05. The average Bonchev–Trinajstić information content (AvgIpc) is 2.66. The maximum absolute atomic E-state index is 12.1. The van der Waals surface area contributed by atoms with Gasteiger partial charge in [0.1, 0.15) is 4.88 Å². The molecule has 4 heteroatoms. The summed E-state index contributed by atoms with van der Waals surface area (Å²) in [7, 11) is 0. The van der Waals surface area contributed by atoms with Crippen molar-refractivity contribution in [3.63, 3.8) is 0 Å². The molecule has 94 valence electrons. The van der Waals surface area contributed by atoms with Crippen molar-refractivity contribution < 1.29 is 4.79 Å². The van der Waals surface area contributed by atoms with Crippen molar-refractivity contribution >= 4 is 33.0 Å². The van der Waals surface area contributed by atoms with Gasteiger partial charge >= 0.3 is 0 Å². The summed E-state index contributed by atoms with van der Waals surface area (Å²) in [6.07, 6.45) is 1.69. The van der Waals surface area contributed by atoms with Crippen LogP contribution in [0.25, 0.3) is 10.1 Å². The van der Waals surface area contributed by atoms with E-state index in [1.807, 2.05) is 32.0 Å². The van der Waals surface area contributed by atoms with Crippen molar-refractivity contribution in [1.29, 1.82) is 0 Å². The van der Waals surface area contributed by atoms with E-state index in [-0.39, 0.29) is 11.9 Å². The van der Waals surface area contributed by atoms with Crippen LogP contribution in [-0.4, -0.2) is 11.9 Å². The molecule has 1 aromatic heterocycles. The third-order valence-electron chi connectivity index (χ3n) is 2.80. The highest BCUT2D eigenvalue weighted by atomic mass is 32.1. The molecule has 0 bridgehead atoms.